The highest BCUT2D eigenvalue weighted by atomic mass is 32.1. The molecule has 0 radical (unpaired) electrons. The summed E-state index contributed by atoms with van der Waals surface area (Å²) in [5.41, 5.74) is -2.99. The zero-order valence-electron chi connectivity index (χ0n) is 13.7. The van der Waals surface area contributed by atoms with Crippen LogP contribution in [0.3, 0.4) is 0 Å². The van der Waals surface area contributed by atoms with Crippen LogP contribution in [0.2, 0.25) is 0 Å². The van der Waals surface area contributed by atoms with Crippen LogP contribution in [-0.4, -0.2) is 17.8 Å². The number of allylic oxidation sites excluding steroid dienone is 2. The summed E-state index contributed by atoms with van der Waals surface area (Å²) < 4.78 is 86.4. The van der Waals surface area contributed by atoms with Gasteiger partial charge in [0.05, 0.1) is 0 Å². The molecule has 8 heteroatoms. The van der Waals surface area contributed by atoms with Gasteiger partial charge < -0.3 is 0 Å². The van der Waals surface area contributed by atoms with Crippen molar-refractivity contribution in [3.63, 3.8) is 0 Å². The van der Waals surface area contributed by atoms with Crippen LogP contribution in [0.15, 0.2) is 12.1 Å². The molecule has 0 amide bonds. The molecule has 0 aliphatic heterocycles. The molecule has 1 aliphatic rings. The van der Waals surface area contributed by atoms with E-state index in [0.717, 1.165) is 22.7 Å². The number of halogens is 6. The minimum Gasteiger partial charge on any atom is -0.194 e. The fourth-order valence-electron chi connectivity index (χ4n) is 3.19. The molecule has 0 spiro atoms. The highest BCUT2D eigenvalue weighted by molar-refractivity contribution is 7.12. The lowest BCUT2D eigenvalue weighted by Gasteiger charge is -2.25. The minimum absolute atomic E-state index is 0.234. The molecule has 0 bridgehead atoms. The van der Waals surface area contributed by atoms with E-state index in [0.29, 0.717) is 19.5 Å². The van der Waals surface area contributed by atoms with E-state index in [2.05, 4.69) is 0 Å². The number of rotatable bonds is 2. The summed E-state index contributed by atoms with van der Waals surface area (Å²) in [6, 6.07) is 2.55. The normalized spacial score (nSPS) is 21.2. The van der Waals surface area contributed by atoms with Gasteiger partial charge in [-0.15, -0.1) is 22.7 Å². The number of hydrogen-bond donors (Lipinski definition) is 0. The van der Waals surface area contributed by atoms with Crippen molar-refractivity contribution in [2.45, 2.75) is 45.5 Å². The van der Waals surface area contributed by atoms with Crippen molar-refractivity contribution in [2.75, 3.05) is 0 Å². The Morgan fingerprint density at radius 3 is 1.20 bits per heavy atom. The predicted molar refractivity (Wildman–Crippen MR) is 89.2 cm³/mol. The second-order valence-electron chi connectivity index (χ2n) is 6.13. The van der Waals surface area contributed by atoms with Crippen LogP contribution in [0, 0.1) is 27.7 Å². The van der Waals surface area contributed by atoms with E-state index in [1.807, 2.05) is 0 Å². The van der Waals surface area contributed by atoms with Gasteiger partial charge in [0.25, 0.3) is 0 Å². The number of aryl methyl sites for hydroxylation is 4. The summed E-state index contributed by atoms with van der Waals surface area (Å²) in [6.07, 6.45) is 0. The summed E-state index contributed by atoms with van der Waals surface area (Å²) in [5.74, 6) is -15.4. The molecular weight excluding hydrogens is 382 g/mol. The number of alkyl halides is 6. The summed E-state index contributed by atoms with van der Waals surface area (Å²) in [7, 11) is 0. The highest BCUT2D eigenvalue weighted by Gasteiger charge is 2.80. The van der Waals surface area contributed by atoms with Gasteiger partial charge in [0.15, 0.2) is 0 Å². The fourth-order valence-corrected chi connectivity index (χ4v) is 5.05. The molecular formula is C17H14F6S2. The largest absolute Gasteiger partial charge is 0.380 e. The molecule has 0 nitrogen and oxygen atoms in total. The topological polar surface area (TPSA) is 0 Å². The van der Waals surface area contributed by atoms with Crippen LogP contribution >= 0.6 is 22.7 Å². The van der Waals surface area contributed by atoms with Crippen molar-refractivity contribution < 1.29 is 26.3 Å². The van der Waals surface area contributed by atoms with Crippen molar-refractivity contribution in [1.29, 1.82) is 0 Å². The van der Waals surface area contributed by atoms with Crippen LogP contribution < -0.4 is 0 Å². The van der Waals surface area contributed by atoms with Crippen molar-refractivity contribution in [3.8, 4) is 0 Å². The maximum Gasteiger partial charge on any atom is 0.380 e. The lowest BCUT2D eigenvalue weighted by atomic mass is 9.95. The maximum absolute atomic E-state index is 14.6. The lowest BCUT2D eigenvalue weighted by Crippen LogP contribution is -2.48. The second-order valence-corrected chi connectivity index (χ2v) is 9.05. The van der Waals surface area contributed by atoms with Crippen LogP contribution in [0.25, 0.3) is 11.1 Å². The average Bonchev–Trinajstić information content (AvgIpc) is 2.98. The molecule has 1 aliphatic carbocycles. The van der Waals surface area contributed by atoms with Gasteiger partial charge in [0.2, 0.25) is 0 Å². The summed E-state index contributed by atoms with van der Waals surface area (Å²) in [5, 5.41) is 0. The molecule has 2 aromatic heterocycles. The first kappa shape index (κ1) is 18.5. The summed E-state index contributed by atoms with van der Waals surface area (Å²) in [4.78, 5) is 1.80. The van der Waals surface area contributed by atoms with E-state index in [4.69, 9.17) is 0 Å². The zero-order chi connectivity index (χ0) is 18.9. The van der Waals surface area contributed by atoms with Crippen LogP contribution in [0.4, 0.5) is 26.3 Å². The maximum atomic E-state index is 14.6. The third kappa shape index (κ3) is 2.33. The highest BCUT2D eigenvalue weighted by Crippen LogP contribution is 2.65. The molecule has 0 saturated carbocycles. The third-order valence-electron chi connectivity index (χ3n) is 4.29. The lowest BCUT2D eigenvalue weighted by molar-refractivity contribution is -0.254. The monoisotopic (exact) mass is 396 g/mol. The van der Waals surface area contributed by atoms with Gasteiger partial charge in [-0.1, -0.05) is 0 Å². The Kier molecular flexibility index (Phi) is 3.97. The first-order valence-corrected chi connectivity index (χ1v) is 8.99. The fraction of sp³-hybridized carbons (Fsp3) is 0.412. The minimum atomic E-state index is -5.49. The molecule has 0 unspecified atom stereocenters. The molecule has 0 atom stereocenters. The molecule has 2 heterocycles. The zero-order valence-corrected chi connectivity index (χ0v) is 15.4. The molecule has 0 N–H and O–H groups in total. The van der Waals surface area contributed by atoms with Gasteiger partial charge >= 0.3 is 17.8 Å². The van der Waals surface area contributed by atoms with Gasteiger partial charge in [0, 0.05) is 30.7 Å². The molecule has 0 aromatic carbocycles. The Hall–Kier alpha value is -1.28. The SMILES string of the molecule is Cc1cc(C2=C(c3cc(C)sc3C)C(F)(F)C(F)(F)C2(F)F)c(C)s1. The van der Waals surface area contributed by atoms with Crippen LogP contribution in [0.5, 0.6) is 0 Å². The number of hydrogen-bond acceptors (Lipinski definition) is 2. The Balaban J connectivity index is 2.46. The van der Waals surface area contributed by atoms with E-state index < -0.39 is 28.9 Å². The smallest absolute Gasteiger partial charge is 0.194 e. The first-order valence-electron chi connectivity index (χ1n) is 7.36. The van der Waals surface area contributed by atoms with Gasteiger partial charge in [-0.25, -0.2) is 0 Å². The molecule has 0 saturated heterocycles. The van der Waals surface area contributed by atoms with E-state index >= 15 is 0 Å². The second kappa shape index (κ2) is 5.36. The Morgan fingerprint density at radius 2 is 0.960 bits per heavy atom. The standard InChI is InChI=1S/C17H14F6S2/c1-7-5-11(9(3)24-7)13-14(12-6-8(2)25-10(12)4)16(20,21)17(22,23)15(13,18)19/h5-6H,1-4H3. The quantitative estimate of drug-likeness (QED) is 0.486. The summed E-state index contributed by atoms with van der Waals surface area (Å²) >= 11 is 2.22. The van der Waals surface area contributed by atoms with E-state index in [9.17, 15) is 26.3 Å². The number of thiophene rings is 2. The first-order chi connectivity index (χ1) is 11.3. The average molecular weight is 396 g/mol. The van der Waals surface area contributed by atoms with E-state index in [1.165, 1.54) is 26.0 Å². The molecule has 3 rings (SSSR count). The van der Waals surface area contributed by atoms with Crippen molar-refractivity contribution >= 4 is 33.8 Å². The molecule has 2 aromatic rings. The van der Waals surface area contributed by atoms with Gasteiger partial charge in [-0.05, 0) is 51.0 Å². The Bertz CT molecular complexity index is 815. The van der Waals surface area contributed by atoms with Crippen molar-refractivity contribution in [3.05, 3.63) is 42.8 Å². The van der Waals surface area contributed by atoms with E-state index in [-0.39, 0.29) is 11.1 Å². The third-order valence-corrected chi connectivity index (χ3v) is 6.22. The molecule has 136 valence electrons. The van der Waals surface area contributed by atoms with E-state index in [1.54, 1.807) is 13.8 Å². The van der Waals surface area contributed by atoms with Crippen molar-refractivity contribution in [1.82, 2.24) is 0 Å². The van der Waals surface area contributed by atoms with Gasteiger partial charge in [0.1, 0.15) is 0 Å². The van der Waals surface area contributed by atoms with Crippen molar-refractivity contribution in [2.24, 2.45) is 0 Å². The predicted octanol–water partition coefficient (Wildman–Crippen LogP) is 6.87. The van der Waals surface area contributed by atoms with Gasteiger partial charge in [-0.3, -0.25) is 0 Å². The Labute approximate surface area is 148 Å². The summed E-state index contributed by atoms with van der Waals surface area (Å²) in [6.45, 7) is 6.16. The molecule has 0 fully saturated rings. The van der Waals surface area contributed by atoms with Gasteiger partial charge in [-0.2, -0.15) is 26.3 Å². The van der Waals surface area contributed by atoms with Crippen LogP contribution in [0.1, 0.15) is 30.6 Å². The van der Waals surface area contributed by atoms with Crippen LogP contribution in [-0.2, 0) is 0 Å². The Morgan fingerprint density at radius 1 is 0.640 bits per heavy atom. The molecule has 25 heavy (non-hydrogen) atoms.